The average Bonchev–Trinajstić information content (AvgIpc) is 2.49. The number of benzene rings is 1. The molecule has 0 heterocycles. The predicted octanol–water partition coefficient (Wildman–Crippen LogP) is 2.82. The van der Waals surface area contributed by atoms with Gasteiger partial charge in [-0.3, -0.25) is 4.99 Å². The van der Waals surface area contributed by atoms with E-state index < -0.39 is 9.84 Å². The van der Waals surface area contributed by atoms with Crippen LogP contribution in [0.15, 0.2) is 28.1 Å². The minimum Gasteiger partial charge on any atom is -0.356 e. The predicted molar refractivity (Wildman–Crippen MR) is 116 cm³/mol. The third-order valence-electron chi connectivity index (χ3n) is 3.39. The van der Waals surface area contributed by atoms with Crippen LogP contribution < -0.4 is 10.6 Å². The fourth-order valence-electron chi connectivity index (χ4n) is 2.22. The molecule has 0 aliphatic carbocycles. The van der Waals surface area contributed by atoms with Gasteiger partial charge < -0.3 is 10.6 Å². The van der Waals surface area contributed by atoms with E-state index in [0.717, 1.165) is 30.1 Å². The molecule has 0 saturated carbocycles. The molecule has 8 heteroatoms. The van der Waals surface area contributed by atoms with Crippen molar-refractivity contribution >= 4 is 51.5 Å². The first-order valence-electron chi connectivity index (χ1n) is 7.61. The Morgan fingerprint density at radius 2 is 1.96 bits per heavy atom. The van der Waals surface area contributed by atoms with Crippen molar-refractivity contribution in [2.24, 2.45) is 4.99 Å². The standard InChI is InChI=1S/C16H27N3O2S2.HI/c1-13-11-14(7-8-15(13)23(4,20)21)12-19-16(17-2)18-9-5-6-10-22-3;/h7-8,11H,5-6,9-10,12H2,1-4H3,(H2,17,18,19);1H. The molecule has 1 aromatic carbocycles. The number of unbranched alkanes of at least 4 members (excludes halogenated alkanes) is 1. The third kappa shape index (κ3) is 8.57. The van der Waals surface area contributed by atoms with Crippen LogP contribution in [0.5, 0.6) is 0 Å². The molecule has 0 aliphatic rings. The van der Waals surface area contributed by atoms with Crippen molar-refractivity contribution in [3.05, 3.63) is 29.3 Å². The maximum absolute atomic E-state index is 11.6. The fourth-order valence-corrected chi connectivity index (χ4v) is 3.67. The van der Waals surface area contributed by atoms with E-state index in [2.05, 4.69) is 21.9 Å². The quantitative estimate of drug-likeness (QED) is 0.257. The Labute approximate surface area is 167 Å². The minimum atomic E-state index is -3.16. The summed E-state index contributed by atoms with van der Waals surface area (Å²) >= 11 is 1.86. The van der Waals surface area contributed by atoms with Crippen LogP contribution in [0.25, 0.3) is 0 Å². The Hall–Kier alpha value is -0.480. The van der Waals surface area contributed by atoms with Gasteiger partial charge in [-0.2, -0.15) is 11.8 Å². The maximum atomic E-state index is 11.6. The van der Waals surface area contributed by atoms with Crippen LogP contribution in [0.1, 0.15) is 24.0 Å². The average molecular weight is 485 g/mol. The van der Waals surface area contributed by atoms with Crippen LogP contribution in [0.3, 0.4) is 0 Å². The first-order chi connectivity index (χ1) is 10.9. The minimum absolute atomic E-state index is 0. The van der Waals surface area contributed by atoms with E-state index in [9.17, 15) is 8.42 Å². The van der Waals surface area contributed by atoms with Crippen molar-refractivity contribution in [3.63, 3.8) is 0 Å². The van der Waals surface area contributed by atoms with Gasteiger partial charge in [-0.15, -0.1) is 24.0 Å². The van der Waals surface area contributed by atoms with Gasteiger partial charge in [0.1, 0.15) is 0 Å². The molecule has 5 nitrogen and oxygen atoms in total. The van der Waals surface area contributed by atoms with E-state index in [1.54, 1.807) is 13.1 Å². The van der Waals surface area contributed by atoms with Gasteiger partial charge in [0.25, 0.3) is 0 Å². The molecular weight excluding hydrogens is 457 g/mol. The highest BCUT2D eigenvalue weighted by Crippen LogP contribution is 2.16. The Morgan fingerprint density at radius 3 is 2.50 bits per heavy atom. The fraction of sp³-hybridized carbons (Fsp3) is 0.562. The third-order valence-corrected chi connectivity index (χ3v) is 5.34. The van der Waals surface area contributed by atoms with Crippen LogP contribution >= 0.6 is 35.7 Å². The summed E-state index contributed by atoms with van der Waals surface area (Å²) in [6.45, 7) is 3.32. The Morgan fingerprint density at radius 1 is 1.25 bits per heavy atom. The van der Waals surface area contributed by atoms with Crippen LogP contribution in [-0.4, -0.2) is 46.2 Å². The second-order valence-electron chi connectivity index (χ2n) is 5.42. The first kappa shape index (κ1) is 23.5. The number of aliphatic imine (C=N–C) groups is 1. The van der Waals surface area contributed by atoms with Gasteiger partial charge in [0.05, 0.1) is 4.90 Å². The summed E-state index contributed by atoms with van der Waals surface area (Å²) < 4.78 is 23.2. The maximum Gasteiger partial charge on any atom is 0.191 e. The lowest BCUT2D eigenvalue weighted by molar-refractivity contribution is 0.601. The lowest BCUT2D eigenvalue weighted by Gasteiger charge is -2.13. The highest BCUT2D eigenvalue weighted by Gasteiger charge is 2.10. The van der Waals surface area contributed by atoms with Gasteiger partial charge in [-0.05, 0) is 49.0 Å². The monoisotopic (exact) mass is 485 g/mol. The Kier molecular flexibility index (Phi) is 11.7. The van der Waals surface area contributed by atoms with E-state index >= 15 is 0 Å². The molecule has 1 rings (SSSR count). The van der Waals surface area contributed by atoms with Crippen molar-refractivity contribution in [3.8, 4) is 0 Å². The molecule has 0 fully saturated rings. The zero-order valence-corrected chi connectivity index (χ0v) is 18.7. The van der Waals surface area contributed by atoms with Gasteiger partial charge in [-0.25, -0.2) is 8.42 Å². The number of thioether (sulfide) groups is 1. The van der Waals surface area contributed by atoms with Crippen LogP contribution in [-0.2, 0) is 16.4 Å². The van der Waals surface area contributed by atoms with Gasteiger partial charge in [0, 0.05) is 26.4 Å². The van der Waals surface area contributed by atoms with Crippen LogP contribution in [0, 0.1) is 6.92 Å². The number of halogens is 1. The lowest BCUT2D eigenvalue weighted by atomic mass is 10.1. The first-order valence-corrected chi connectivity index (χ1v) is 10.9. The zero-order valence-electron chi connectivity index (χ0n) is 14.8. The smallest absolute Gasteiger partial charge is 0.191 e. The topological polar surface area (TPSA) is 70.6 Å². The second kappa shape index (κ2) is 12.0. The summed E-state index contributed by atoms with van der Waals surface area (Å²) in [6, 6.07) is 5.40. The molecule has 0 spiro atoms. The number of nitrogens with one attached hydrogen (secondary N) is 2. The van der Waals surface area contributed by atoms with Crippen molar-refractivity contribution in [2.45, 2.75) is 31.2 Å². The summed E-state index contributed by atoms with van der Waals surface area (Å²) in [5.41, 5.74) is 1.80. The SMILES string of the molecule is CN=C(NCCCCSC)NCc1ccc(S(C)(=O)=O)c(C)c1.I. The number of nitrogens with zero attached hydrogens (tertiary/aromatic N) is 1. The molecule has 0 bridgehead atoms. The molecular formula is C16H28IN3O2S2. The summed E-state index contributed by atoms with van der Waals surface area (Å²) in [4.78, 5) is 4.58. The van der Waals surface area contributed by atoms with Crippen LogP contribution in [0.2, 0.25) is 0 Å². The summed E-state index contributed by atoms with van der Waals surface area (Å²) in [5.74, 6) is 1.94. The molecule has 0 aromatic heterocycles. The molecule has 0 amide bonds. The van der Waals surface area contributed by atoms with Crippen LogP contribution in [0.4, 0.5) is 0 Å². The molecule has 2 N–H and O–H groups in total. The molecule has 0 radical (unpaired) electrons. The molecule has 0 atom stereocenters. The normalized spacial score (nSPS) is 11.8. The lowest BCUT2D eigenvalue weighted by Crippen LogP contribution is -2.37. The number of sulfone groups is 1. The molecule has 1 aromatic rings. The molecule has 24 heavy (non-hydrogen) atoms. The van der Waals surface area contributed by atoms with Crippen molar-refractivity contribution in [1.29, 1.82) is 0 Å². The van der Waals surface area contributed by atoms with Crippen molar-refractivity contribution in [1.82, 2.24) is 10.6 Å². The van der Waals surface area contributed by atoms with E-state index in [-0.39, 0.29) is 24.0 Å². The largest absolute Gasteiger partial charge is 0.356 e. The van der Waals surface area contributed by atoms with Crippen molar-refractivity contribution < 1.29 is 8.42 Å². The summed E-state index contributed by atoms with van der Waals surface area (Å²) in [7, 11) is -1.42. The van der Waals surface area contributed by atoms with Gasteiger partial charge in [0.15, 0.2) is 15.8 Å². The molecule has 0 aliphatic heterocycles. The molecule has 0 saturated heterocycles. The summed E-state index contributed by atoms with van der Waals surface area (Å²) in [5, 5.41) is 6.53. The van der Waals surface area contributed by atoms with Gasteiger partial charge in [-0.1, -0.05) is 12.1 Å². The zero-order chi connectivity index (χ0) is 17.3. The molecule has 138 valence electrons. The van der Waals surface area contributed by atoms with E-state index in [1.165, 1.54) is 18.4 Å². The highest BCUT2D eigenvalue weighted by atomic mass is 127. The van der Waals surface area contributed by atoms with Gasteiger partial charge >= 0.3 is 0 Å². The molecule has 0 unspecified atom stereocenters. The van der Waals surface area contributed by atoms with Crippen molar-refractivity contribution in [2.75, 3.05) is 31.9 Å². The number of hydrogen-bond acceptors (Lipinski definition) is 4. The Balaban J connectivity index is 0.00000529. The number of hydrogen-bond donors (Lipinski definition) is 2. The van der Waals surface area contributed by atoms with E-state index in [0.29, 0.717) is 11.4 Å². The number of guanidine groups is 1. The van der Waals surface area contributed by atoms with Gasteiger partial charge in [0.2, 0.25) is 0 Å². The van der Waals surface area contributed by atoms with E-state index in [1.807, 2.05) is 30.8 Å². The van der Waals surface area contributed by atoms with E-state index in [4.69, 9.17) is 0 Å². The summed E-state index contributed by atoms with van der Waals surface area (Å²) in [6.07, 6.45) is 5.65. The number of rotatable bonds is 8. The number of aryl methyl sites for hydroxylation is 1. The highest BCUT2D eigenvalue weighted by molar-refractivity contribution is 14.0. The Bertz CT molecular complexity index is 634. The second-order valence-corrected chi connectivity index (χ2v) is 8.39.